The molecule has 7 nitrogen and oxygen atoms in total. The van der Waals surface area contributed by atoms with Gasteiger partial charge in [-0.2, -0.15) is 0 Å². The van der Waals surface area contributed by atoms with Crippen molar-refractivity contribution in [1.29, 1.82) is 0 Å². The molecule has 0 radical (unpaired) electrons. The van der Waals surface area contributed by atoms with E-state index >= 15 is 0 Å². The van der Waals surface area contributed by atoms with E-state index in [0.29, 0.717) is 28.2 Å². The molecule has 3 heterocycles. The highest BCUT2D eigenvalue weighted by Crippen LogP contribution is 2.25. The Morgan fingerprint density at radius 3 is 2.65 bits per heavy atom. The van der Waals surface area contributed by atoms with Gasteiger partial charge in [0.2, 0.25) is 5.95 Å². The SMILES string of the molecule is O=C(Nc1ccc(F)c(F)c1F)c1cc2cc(Nc3nccc(-c4cccnc4)n3)ccc2[nH]1. The van der Waals surface area contributed by atoms with Gasteiger partial charge in [0.05, 0.1) is 11.4 Å². The fourth-order valence-corrected chi connectivity index (χ4v) is 3.37. The van der Waals surface area contributed by atoms with Crippen LogP contribution in [-0.4, -0.2) is 25.8 Å². The first-order chi connectivity index (χ1) is 16.5. The van der Waals surface area contributed by atoms with Gasteiger partial charge in [0.15, 0.2) is 17.5 Å². The Balaban J connectivity index is 1.36. The number of pyridine rings is 1. The third-order valence-corrected chi connectivity index (χ3v) is 5.02. The molecule has 0 saturated heterocycles. The van der Waals surface area contributed by atoms with Gasteiger partial charge in [0.1, 0.15) is 5.69 Å². The molecule has 5 rings (SSSR count). The highest BCUT2D eigenvalue weighted by molar-refractivity contribution is 6.06. The van der Waals surface area contributed by atoms with Crippen LogP contribution in [0.5, 0.6) is 0 Å². The summed E-state index contributed by atoms with van der Waals surface area (Å²) >= 11 is 0. The maximum absolute atomic E-state index is 13.9. The van der Waals surface area contributed by atoms with Gasteiger partial charge in [-0.25, -0.2) is 23.1 Å². The second-order valence-corrected chi connectivity index (χ2v) is 7.29. The molecule has 3 aromatic heterocycles. The largest absolute Gasteiger partial charge is 0.351 e. The van der Waals surface area contributed by atoms with Gasteiger partial charge in [-0.3, -0.25) is 9.78 Å². The molecule has 0 aliphatic carbocycles. The molecule has 1 amide bonds. The minimum absolute atomic E-state index is 0.117. The molecule has 0 unspecified atom stereocenters. The number of halogens is 3. The first kappa shape index (κ1) is 21.1. The van der Waals surface area contributed by atoms with Crippen LogP contribution in [0.4, 0.5) is 30.5 Å². The van der Waals surface area contributed by atoms with Crippen LogP contribution in [0.1, 0.15) is 10.5 Å². The molecule has 34 heavy (non-hydrogen) atoms. The van der Waals surface area contributed by atoms with Gasteiger partial charge in [-0.1, -0.05) is 0 Å². The van der Waals surface area contributed by atoms with Crippen molar-refractivity contribution in [2.45, 2.75) is 0 Å². The molecule has 0 aliphatic rings. The summed E-state index contributed by atoms with van der Waals surface area (Å²) in [5.74, 6) is -4.79. The number of anilines is 3. The van der Waals surface area contributed by atoms with Crippen LogP contribution >= 0.6 is 0 Å². The molecule has 0 fully saturated rings. The predicted octanol–water partition coefficient (Wildman–Crippen LogP) is 5.43. The highest BCUT2D eigenvalue weighted by atomic mass is 19.2. The van der Waals surface area contributed by atoms with Crippen LogP contribution in [0.25, 0.3) is 22.2 Å². The lowest BCUT2D eigenvalue weighted by atomic mass is 10.2. The molecule has 0 saturated carbocycles. The van der Waals surface area contributed by atoms with Crippen LogP contribution in [0.2, 0.25) is 0 Å². The third kappa shape index (κ3) is 4.16. The van der Waals surface area contributed by atoms with Crippen molar-refractivity contribution in [3.63, 3.8) is 0 Å². The molecule has 5 aromatic rings. The Morgan fingerprint density at radius 1 is 0.941 bits per heavy atom. The van der Waals surface area contributed by atoms with Crippen molar-refractivity contribution in [2.24, 2.45) is 0 Å². The monoisotopic (exact) mass is 460 g/mol. The van der Waals surface area contributed by atoms with Crippen molar-refractivity contribution in [1.82, 2.24) is 19.9 Å². The average molecular weight is 460 g/mol. The second kappa shape index (κ2) is 8.66. The Hall–Kier alpha value is -4.73. The number of carbonyl (C=O) groups is 1. The summed E-state index contributed by atoms with van der Waals surface area (Å²) < 4.78 is 40.4. The van der Waals surface area contributed by atoms with Gasteiger partial charge < -0.3 is 15.6 Å². The Bertz CT molecular complexity index is 1520. The fraction of sp³-hybridized carbons (Fsp3) is 0. The number of nitrogens with one attached hydrogen (secondary N) is 3. The van der Waals surface area contributed by atoms with Gasteiger partial charge in [-0.05, 0) is 54.6 Å². The normalized spacial score (nSPS) is 10.9. The standard InChI is InChI=1S/C24H15F3N6O/c25-16-4-6-19(22(27)21(16)26)32-23(34)20-11-14-10-15(3-5-17(14)31-20)30-24-29-9-7-18(33-24)13-2-1-8-28-12-13/h1-12,31H,(H,32,34)(H,29,30,33). The number of fused-ring (bicyclic) bond motifs is 1. The molecule has 0 bridgehead atoms. The molecule has 0 atom stereocenters. The number of hydrogen-bond acceptors (Lipinski definition) is 5. The van der Waals surface area contributed by atoms with Gasteiger partial charge in [0, 0.05) is 40.7 Å². The Labute approximate surface area is 190 Å². The van der Waals surface area contributed by atoms with Gasteiger partial charge >= 0.3 is 0 Å². The number of carbonyl (C=O) groups excluding carboxylic acids is 1. The maximum Gasteiger partial charge on any atom is 0.272 e. The van der Waals surface area contributed by atoms with E-state index in [1.54, 1.807) is 48.9 Å². The second-order valence-electron chi connectivity index (χ2n) is 7.29. The molecule has 0 aliphatic heterocycles. The minimum Gasteiger partial charge on any atom is -0.351 e. The summed E-state index contributed by atoms with van der Waals surface area (Å²) in [7, 11) is 0. The van der Waals surface area contributed by atoms with Crippen LogP contribution < -0.4 is 10.6 Å². The summed E-state index contributed by atoms with van der Waals surface area (Å²) in [6, 6.07) is 14.0. The zero-order chi connectivity index (χ0) is 23.7. The van der Waals surface area contributed by atoms with E-state index in [4.69, 9.17) is 0 Å². The summed E-state index contributed by atoms with van der Waals surface area (Å²) in [6.45, 7) is 0. The number of rotatable bonds is 5. The van der Waals surface area contributed by atoms with Gasteiger partial charge in [-0.15, -0.1) is 0 Å². The summed E-state index contributed by atoms with van der Waals surface area (Å²) in [6.07, 6.45) is 5.02. The quantitative estimate of drug-likeness (QED) is 0.304. The average Bonchev–Trinajstić information content (AvgIpc) is 3.29. The fourth-order valence-electron chi connectivity index (χ4n) is 3.37. The number of hydrogen-bond donors (Lipinski definition) is 3. The first-order valence-corrected chi connectivity index (χ1v) is 10.1. The van der Waals surface area contributed by atoms with E-state index < -0.39 is 29.0 Å². The van der Waals surface area contributed by atoms with E-state index in [1.165, 1.54) is 0 Å². The van der Waals surface area contributed by atoms with Crippen LogP contribution in [0.15, 0.2) is 73.2 Å². The van der Waals surface area contributed by atoms with Crippen LogP contribution in [0.3, 0.4) is 0 Å². The van der Waals surface area contributed by atoms with Crippen molar-refractivity contribution in [3.8, 4) is 11.3 Å². The lowest BCUT2D eigenvalue weighted by Gasteiger charge is -2.06. The lowest BCUT2D eigenvalue weighted by molar-refractivity contribution is 0.102. The Morgan fingerprint density at radius 2 is 1.82 bits per heavy atom. The van der Waals surface area contributed by atoms with E-state index in [9.17, 15) is 18.0 Å². The number of benzene rings is 2. The van der Waals surface area contributed by atoms with Crippen molar-refractivity contribution in [2.75, 3.05) is 10.6 Å². The molecular weight excluding hydrogens is 445 g/mol. The molecule has 10 heteroatoms. The number of amides is 1. The summed E-state index contributed by atoms with van der Waals surface area (Å²) in [5.41, 5.74) is 2.53. The topological polar surface area (TPSA) is 95.6 Å². The van der Waals surface area contributed by atoms with Crippen LogP contribution in [-0.2, 0) is 0 Å². The van der Waals surface area contributed by atoms with Gasteiger partial charge in [0.25, 0.3) is 5.91 Å². The highest BCUT2D eigenvalue weighted by Gasteiger charge is 2.17. The van der Waals surface area contributed by atoms with E-state index in [-0.39, 0.29) is 5.69 Å². The summed E-state index contributed by atoms with van der Waals surface area (Å²) in [4.78, 5) is 28.2. The lowest BCUT2D eigenvalue weighted by Crippen LogP contribution is -2.14. The number of aromatic amines is 1. The van der Waals surface area contributed by atoms with E-state index in [2.05, 4.69) is 30.6 Å². The van der Waals surface area contributed by atoms with E-state index in [0.717, 1.165) is 17.7 Å². The smallest absolute Gasteiger partial charge is 0.272 e. The maximum atomic E-state index is 13.9. The Kier molecular flexibility index (Phi) is 5.38. The van der Waals surface area contributed by atoms with Crippen molar-refractivity contribution in [3.05, 3.63) is 96.3 Å². The third-order valence-electron chi connectivity index (χ3n) is 5.02. The number of H-pyrrole nitrogens is 1. The van der Waals surface area contributed by atoms with Crippen molar-refractivity contribution < 1.29 is 18.0 Å². The zero-order valence-electron chi connectivity index (χ0n) is 17.3. The molecule has 0 spiro atoms. The zero-order valence-corrected chi connectivity index (χ0v) is 17.3. The van der Waals surface area contributed by atoms with E-state index in [1.807, 2.05) is 12.1 Å². The molecule has 3 N–H and O–H groups in total. The minimum atomic E-state index is -1.65. The first-order valence-electron chi connectivity index (χ1n) is 10.1. The predicted molar refractivity (Wildman–Crippen MR) is 121 cm³/mol. The molecular formula is C24H15F3N6O. The van der Waals surface area contributed by atoms with Crippen molar-refractivity contribution >= 4 is 34.1 Å². The molecule has 2 aromatic carbocycles. The number of nitrogens with zero attached hydrogens (tertiary/aromatic N) is 3. The molecule has 168 valence electrons. The summed E-state index contributed by atoms with van der Waals surface area (Å²) in [5, 5.41) is 6.04. The van der Waals surface area contributed by atoms with Crippen LogP contribution in [0, 0.1) is 17.5 Å². The number of aromatic nitrogens is 4.